The van der Waals surface area contributed by atoms with Crippen molar-refractivity contribution in [2.45, 2.75) is 0 Å². The van der Waals surface area contributed by atoms with E-state index < -0.39 is 17.4 Å². The molecular formula is C7H8N4O3. The normalized spacial score (nSPS) is 9.71. The number of aromatic amines is 1. The first-order valence-electron chi connectivity index (χ1n) is 3.56. The number of pyridine rings is 1. The van der Waals surface area contributed by atoms with Crippen molar-refractivity contribution in [2.24, 2.45) is 11.5 Å². The van der Waals surface area contributed by atoms with Crippen LogP contribution in [0.2, 0.25) is 0 Å². The van der Waals surface area contributed by atoms with Gasteiger partial charge in [-0.2, -0.15) is 0 Å². The van der Waals surface area contributed by atoms with Gasteiger partial charge in [-0.3, -0.25) is 14.4 Å². The van der Waals surface area contributed by atoms with Gasteiger partial charge in [0.15, 0.2) is 0 Å². The van der Waals surface area contributed by atoms with Gasteiger partial charge in [0.25, 0.3) is 17.4 Å². The predicted octanol–water partition coefficient (Wildman–Crippen LogP) is -1.85. The van der Waals surface area contributed by atoms with Crippen molar-refractivity contribution in [1.29, 1.82) is 0 Å². The van der Waals surface area contributed by atoms with Crippen LogP contribution in [0.25, 0.3) is 0 Å². The minimum Gasteiger partial charge on any atom is -0.385 e. The first-order valence-corrected chi connectivity index (χ1v) is 3.56. The molecule has 1 aromatic rings. The highest BCUT2D eigenvalue weighted by atomic mass is 16.2. The van der Waals surface area contributed by atoms with E-state index in [9.17, 15) is 14.4 Å². The first kappa shape index (κ1) is 9.78. The molecule has 0 saturated heterocycles. The summed E-state index contributed by atoms with van der Waals surface area (Å²) in [6.45, 7) is 0. The topological polar surface area (TPSA) is 145 Å². The van der Waals surface area contributed by atoms with Crippen LogP contribution in [0.3, 0.4) is 0 Å². The maximum Gasteiger partial charge on any atom is 0.262 e. The number of aromatic nitrogens is 1. The van der Waals surface area contributed by atoms with E-state index in [-0.39, 0.29) is 16.9 Å². The van der Waals surface area contributed by atoms with Crippen LogP contribution in [-0.4, -0.2) is 16.8 Å². The summed E-state index contributed by atoms with van der Waals surface area (Å²) in [5, 5.41) is 0. The molecule has 0 saturated carbocycles. The molecule has 0 fully saturated rings. The van der Waals surface area contributed by atoms with E-state index in [4.69, 9.17) is 17.2 Å². The van der Waals surface area contributed by atoms with Crippen LogP contribution < -0.4 is 22.8 Å². The summed E-state index contributed by atoms with van der Waals surface area (Å²) in [5.74, 6) is -1.98. The average molecular weight is 196 g/mol. The monoisotopic (exact) mass is 196 g/mol. The van der Waals surface area contributed by atoms with Gasteiger partial charge in [-0.05, 0) is 6.07 Å². The number of nitrogen functional groups attached to an aromatic ring is 1. The third kappa shape index (κ3) is 1.56. The molecule has 7 heteroatoms. The number of nitrogens with one attached hydrogen (secondary N) is 1. The number of rotatable bonds is 2. The van der Waals surface area contributed by atoms with E-state index in [1.807, 2.05) is 0 Å². The van der Waals surface area contributed by atoms with Gasteiger partial charge in [0, 0.05) is 0 Å². The Bertz CT molecular complexity index is 462. The molecule has 0 radical (unpaired) electrons. The van der Waals surface area contributed by atoms with Crippen LogP contribution in [0.5, 0.6) is 0 Å². The minimum absolute atomic E-state index is 0.140. The summed E-state index contributed by atoms with van der Waals surface area (Å²) in [6, 6.07) is 0.971. The third-order valence-corrected chi connectivity index (χ3v) is 1.60. The highest BCUT2D eigenvalue weighted by molar-refractivity contribution is 6.00. The number of hydrogen-bond donors (Lipinski definition) is 4. The van der Waals surface area contributed by atoms with Crippen molar-refractivity contribution < 1.29 is 9.59 Å². The standard InChI is InChI=1S/C7H8N4O3/c8-4-2(5(9)12)1-3(6(10)13)7(14)11-4/h1H,(H2,9,12)(H2,10,13)(H3,8,11,14). The minimum atomic E-state index is -0.950. The van der Waals surface area contributed by atoms with Gasteiger partial charge < -0.3 is 22.2 Å². The van der Waals surface area contributed by atoms with Gasteiger partial charge in [-0.1, -0.05) is 0 Å². The Hall–Kier alpha value is -2.31. The van der Waals surface area contributed by atoms with E-state index >= 15 is 0 Å². The van der Waals surface area contributed by atoms with Gasteiger partial charge in [0.2, 0.25) is 0 Å². The fourth-order valence-corrected chi connectivity index (χ4v) is 0.932. The van der Waals surface area contributed by atoms with Gasteiger partial charge in [-0.15, -0.1) is 0 Å². The smallest absolute Gasteiger partial charge is 0.262 e. The Balaban J connectivity index is 3.50. The molecular weight excluding hydrogens is 188 g/mol. The molecule has 0 unspecified atom stereocenters. The highest BCUT2D eigenvalue weighted by Crippen LogP contribution is 2.05. The summed E-state index contributed by atoms with van der Waals surface area (Å²) < 4.78 is 0. The molecule has 2 amide bonds. The van der Waals surface area contributed by atoms with E-state index in [0.717, 1.165) is 6.07 Å². The van der Waals surface area contributed by atoms with Crippen LogP contribution in [0.15, 0.2) is 10.9 Å². The second-order valence-corrected chi connectivity index (χ2v) is 2.57. The zero-order valence-electron chi connectivity index (χ0n) is 7.03. The van der Waals surface area contributed by atoms with Crippen molar-refractivity contribution in [2.75, 3.05) is 5.73 Å². The van der Waals surface area contributed by atoms with Crippen molar-refractivity contribution in [3.05, 3.63) is 27.5 Å². The second-order valence-electron chi connectivity index (χ2n) is 2.57. The summed E-state index contributed by atoms with van der Waals surface area (Å²) in [5.41, 5.74) is 13.9. The molecule has 0 aliphatic carbocycles. The second kappa shape index (κ2) is 3.21. The molecule has 0 atom stereocenters. The molecule has 0 aliphatic heterocycles. The van der Waals surface area contributed by atoms with E-state index in [2.05, 4.69) is 4.98 Å². The van der Waals surface area contributed by atoms with Crippen molar-refractivity contribution in [3.63, 3.8) is 0 Å². The fraction of sp³-hybridized carbons (Fsp3) is 0. The summed E-state index contributed by atoms with van der Waals surface area (Å²) in [6.07, 6.45) is 0. The molecule has 1 aromatic heterocycles. The van der Waals surface area contributed by atoms with Crippen LogP contribution in [0.1, 0.15) is 20.7 Å². The van der Waals surface area contributed by atoms with Crippen LogP contribution in [-0.2, 0) is 0 Å². The molecule has 0 aromatic carbocycles. The first-order chi connectivity index (χ1) is 6.43. The third-order valence-electron chi connectivity index (χ3n) is 1.60. The quantitative estimate of drug-likeness (QED) is 0.440. The Morgan fingerprint density at radius 1 is 1.14 bits per heavy atom. The SMILES string of the molecule is NC(=O)c1cc(C(N)=O)c(=O)[nH]c1N. The lowest BCUT2D eigenvalue weighted by Gasteiger charge is -2.02. The molecule has 14 heavy (non-hydrogen) atoms. The lowest BCUT2D eigenvalue weighted by Crippen LogP contribution is -2.27. The maximum absolute atomic E-state index is 11.1. The maximum atomic E-state index is 11.1. The van der Waals surface area contributed by atoms with Crippen LogP contribution in [0, 0.1) is 0 Å². The average Bonchev–Trinajstić information content (AvgIpc) is 2.02. The summed E-state index contributed by atoms with van der Waals surface area (Å²) in [4.78, 5) is 34.7. The predicted molar refractivity (Wildman–Crippen MR) is 48.5 cm³/mol. The van der Waals surface area contributed by atoms with Crippen LogP contribution >= 0.6 is 0 Å². The highest BCUT2D eigenvalue weighted by Gasteiger charge is 2.13. The number of carbonyl (C=O) groups is 2. The molecule has 1 rings (SSSR count). The van der Waals surface area contributed by atoms with E-state index in [1.54, 1.807) is 0 Å². The van der Waals surface area contributed by atoms with Crippen molar-refractivity contribution in [3.8, 4) is 0 Å². The zero-order chi connectivity index (χ0) is 10.9. The summed E-state index contributed by atoms with van der Waals surface area (Å²) >= 11 is 0. The Kier molecular flexibility index (Phi) is 2.24. The zero-order valence-corrected chi connectivity index (χ0v) is 7.03. The van der Waals surface area contributed by atoms with E-state index in [0.29, 0.717) is 0 Å². The van der Waals surface area contributed by atoms with Crippen molar-refractivity contribution >= 4 is 17.6 Å². The number of amides is 2. The molecule has 7 N–H and O–H groups in total. The van der Waals surface area contributed by atoms with Gasteiger partial charge in [0.05, 0.1) is 5.56 Å². The van der Waals surface area contributed by atoms with E-state index in [1.165, 1.54) is 0 Å². The lowest BCUT2D eigenvalue weighted by molar-refractivity contribution is 0.0998. The number of nitrogens with two attached hydrogens (primary N) is 3. The number of primary amides is 2. The fourth-order valence-electron chi connectivity index (χ4n) is 0.932. The Morgan fingerprint density at radius 3 is 2.07 bits per heavy atom. The number of hydrogen-bond acceptors (Lipinski definition) is 4. The molecule has 0 bridgehead atoms. The molecule has 0 spiro atoms. The molecule has 1 heterocycles. The summed E-state index contributed by atoms with van der Waals surface area (Å²) in [7, 11) is 0. The van der Waals surface area contributed by atoms with Crippen molar-refractivity contribution in [1.82, 2.24) is 4.98 Å². The Morgan fingerprint density at radius 2 is 1.64 bits per heavy atom. The Labute approximate surface area is 77.9 Å². The molecule has 74 valence electrons. The molecule has 0 aliphatic rings. The molecule has 7 nitrogen and oxygen atoms in total. The number of carbonyl (C=O) groups excluding carboxylic acids is 2. The van der Waals surface area contributed by atoms with Gasteiger partial charge in [-0.25, -0.2) is 0 Å². The lowest BCUT2D eigenvalue weighted by atomic mass is 10.1. The van der Waals surface area contributed by atoms with Gasteiger partial charge >= 0.3 is 0 Å². The number of H-pyrrole nitrogens is 1. The van der Waals surface area contributed by atoms with Gasteiger partial charge in [0.1, 0.15) is 11.4 Å². The largest absolute Gasteiger partial charge is 0.385 e. The van der Waals surface area contributed by atoms with Crippen LogP contribution in [0.4, 0.5) is 5.82 Å². The number of anilines is 1.